The van der Waals surface area contributed by atoms with E-state index in [1.54, 1.807) is 29.0 Å². The number of rotatable bonds is 9. The van der Waals surface area contributed by atoms with Crippen LogP contribution in [0.4, 0.5) is 13.2 Å². The number of thioether (sulfide) groups is 1. The van der Waals surface area contributed by atoms with Crippen LogP contribution < -0.4 is 10.1 Å². The number of aromatic nitrogens is 3. The summed E-state index contributed by atoms with van der Waals surface area (Å²) in [5.74, 6) is 0.552. The van der Waals surface area contributed by atoms with Gasteiger partial charge in [-0.1, -0.05) is 36.0 Å². The largest absolute Gasteiger partial charge is 0.573 e. The smallest absolute Gasteiger partial charge is 0.469 e. The van der Waals surface area contributed by atoms with Crippen LogP contribution in [0, 0.1) is 6.92 Å². The fraction of sp³-hybridized carbons (Fsp3) is 0.250. The lowest BCUT2D eigenvalue weighted by molar-refractivity contribution is -0.274. The van der Waals surface area contributed by atoms with E-state index in [2.05, 4.69) is 26.8 Å². The van der Waals surface area contributed by atoms with Crippen molar-refractivity contribution in [3.8, 4) is 17.1 Å². The maximum atomic E-state index is 12.5. The van der Waals surface area contributed by atoms with Gasteiger partial charge >= 0.3 is 6.36 Å². The zero-order valence-electron chi connectivity index (χ0n) is 16.5. The molecule has 31 heavy (non-hydrogen) atoms. The minimum atomic E-state index is -4.81. The molecule has 3 aromatic rings. The lowest BCUT2D eigenvalue weighted by Gasteiger charge is -2.13. The Morgan fingerprint density at radius 2 is 2.10 bits per heavy atom. The summed E-state index contributed by atoms with van der Waals surface area (Å²) in [4.78, 5) is 12.3. The van der Waals surface area contributed by atoms with Crippen LogP contribution in [0.3, 0.4) is 0 Å². The van der Waals surface area contributed by atoms with Crippen LogP contribution in [0.2, 0.25) is 0 Å². The Bertz CT molecular complexity index is 1060. The van der Waals surface area contributed by atoms with Crippen LogP contribution in [-0.2, 0) is 17.9 Å². The van der Waals surface area contributed by atoms with E-state index in [0.29, 0.717) is 23.3 Å². The van der Waals surface area contributed by atoms with Crippen molar-refractivity contribution in [3.05, 3.63) is 60.6 Å². The predicted molar refractivity (Wildman–Crippen MR) is 108 cm³/mol. The molecule has 0 unspecified atom stereocenters. The van der Waals surface area contributed by atoms with Crippen LogP contribution >= 0.6 is 11.8 Å². The van der Waals surface area contributed by atoms with Crippen LogP contribution in [0.5, 0.6) is 5.75 Å². The maximum absolute atomic E-state index is 12.5. The summed E-state index contributed by atoms with van der Waals surface area (Å²) in [6, 6.07) is 7.42. The molecule has 11 heteroatoms. The highest BCUT2D eigenvalue weighted by Crippen LogP contribution is 2.28. The summed E-state index contributed by atoms with van der Waals surface area (Å²) in [7, 11) is 0. The van der Waals surface area contributed by atoms with Crippen molar-refractivity contribution < 1.29 is 27.1 Å². The summed E-state index contributed by atoms with van der Waals surface area (Å²) < 4.78 is 48.7. The number of carbonyl (C=O) groups is 1. The first-order chi connectivity index (χ1) is 14.8. The molecule has 0 bridgehead atoms. The summed E-state index contributed by atoms with van der Waals surface area (Å²) in [5, 5.41) is 11.4. The van der Waals surface area contributed by atoms with Crippen molar-refractivity contribution in [1.82, 2.24) is 20.1 Å². The molecular formula is C20H19F3N4O3S. The molecule has 0 radical (unpaired) electrons. The van der Waals surface area contributed by atoms with Crippen molar-refractivity contribution in [2.45, 2.75) is 31.5 Å². The number of carbonyl (C=O) groups excluding carboxylic acids is 1. The van der Waals surface area contributed by atoms with Crippen molar-refractivity contribution in [2.24, 2.45) is 0 Å². The summed E-state index contributed by atoms with van der Waals surface area (Å²) in [6.07, 6.45) is -1.57. The number of para-hydroxylation sites is 1. The predicted octanol–water partition coefficient (Wildman–Crippen LogP) is 4.34. The number of hydrogen-bond donors (Lipinski definition) is 1. The minimum absolute atomic E-state index is 0.00192. The molecule has 2 aromatic heterocycles. The number of amides is 1. The number of hydrogen-bond acceptors (Lipinski definition) is 6. The number of allylic oxidation sites excluding steroid dienone is 1. The zero-order valence-corrected chi connectivity index (χ0v) is 17.3. The molecule has 0 fully saturated rings. The zero-order chi connectivity index (χ0) is 22.4. The van der Waals surface area contributed by atoms with E-state index in [1.807, 2.05) is 6.92 Å². The van der Waals surface area contributed by atoms with Crippen LogP contribution in [-0.4, -0.2) is 32.8 Å². The van der Waals surface area contributed by atoms with Gasteiger partial charge in [0, 0.05) is 18.7 Å². The second-order valence-corrected chi connectivity index (χ2v) is 7.26. The van der Waals surface area contributed by atoms with E-state index in [9.17, 15) is 18.0 Å². The summed E-state index contributed by atoms with van der Waals surface area (Å²) in [6.45, 7) is 5.86. The van der Waals surface area contributed by atoms with Gasteiger partial charge in [0.2, 0.25) is 5.91 Å². The Morgan fingerprint density at radius 3 is 2.77 bits per heavy atom. The van der Waals surface area contributed by atoms with Crippen molar-refractivity contribution in [3.63, 3.8) is 0 Å². The van der Waals surface area contributed by atoms with Crippen LogP contribution in [0.25, 0.3) is 11.4 Å². The molecule has 0 aliphatic rings. The SMILES string of the molecule is C=CCn1c(SCC(=O)NCc2ccccc2OC(F)(F)F)nnc1-c1ccoc1C. The van der Waals surface area contributed by atoms with Gasteiger partial charge in [0.05, 0.1) is 17.6 Å². The first-order valence-electron chi connectivity index (χ1n) is 9.10. The number of benzene rings is 1. The van der Waals surface area contributed by atoms with Crippen LogP contribution in [0.15, 0.2) is 58.8 Å². The number of aryl methyl sites for hydroxylation is 1. The van der Waals surface area contributed by atoms with Gasteiger partial charge in [-0.2, -0.15) is 0 Å². The minimum Gasteiger partial charge on any atom is -0.469 e. The number of ether oxygens (including phenoxy) is 1. The third-order valence-corrected chi connectivity index (χ3v) is 5.10. The van der Waals surface area contributed by atoms with Crippen molar-refractivity contribution in [1.29, 1.82) is 0 Å². The molecular weight excluding hydrogens is 433 g/mol. The van der Waals surface area contributed by atoms with Gasteiger partial charge in [-0.15, -0.1) is 29.9 Å². The van der Waals surface area contributed by atoms with E-state index in [1.165, 1.54) is 18.2 Å². The molecule has 0 atom stereocenters. The molecule has 0 aliphatic heterocycles. The van der Waals surface area contributed by atoms with E-state index < -0.39 is 6.36 Å². The van der Waals surface area contributed by atoms with Gasteiger partial charge < -0.3 is 14.5 Å². The van der Waals surface area contributed by atoms with Crippen LogP contribution in [0.1, 0.15) is 11.3 Å². The van der Waals surface area contributed by atoms with Gasteiger partial charge in [0.15, 0.2) is 11.0 Å². The highest BCUT2D eigenvalue weighted by Gasteiger charge is 2.32. The Kier molecular flexibility index (Phi) is 7.06. The first-order valence-corrected chi connectivity index (χ1v) is 10.1. The third-order valence-electron chi connectivity index (χ3n) is 4.13. The van der Waals surface area contributed by atoms with Gasteiger partial charge in [-0.05, 0) is 19.1 Å². The first kappa shape index (κ1) is 22.5. The molecule has 0 spiro atoms. The highest BCUT2D eigenvalue weighted by molar-refractivity contribution is 7.99. The Balaban J connectivity index is 1.63. The molecule has 1 aromatic carbocycles. The Labute approximate surface area is 180 Å². The van der Waals surface area contributed by atoms with Gasteiger partial charge in [0.25, 0.3) is 0 Å². The summed E-state index contributed by atoms with van der Waals surface area (Å²) in [5.41, 5.74) is 0.998. The number of alkyl halides is 3. The molecule has 0 saturated carbocycles. The van der Waals surface area contributed by atoms with Gasteiger partial charge in [-0.3, -0.25) is 9.36 Å². The molecule has 3 rings (SSSR count). The molecule has 2 heterocycles. The third kappa shape index (κ3) is 5.91. The Hall–Kier alpha value is -3.21. The van der Waals surface area contributed by atoms with Gasteiger partial charge in [-0.25, -0.2) is 0 Å². The monoisotopic (exact) mass is 452 g/mol. The maximum Gasteiger partial charge on any atom is 0.573 e. The Morgan fingerprint density at radius 1 is 1.32 bits per heavy atom. The lowest BCUT2D eigenvalue weighted by Crippen LogP contribution is -2.26. The fourth-order valence-electron chi connectivity index (χ4n) is 2.75. The second-order valence-electron chi connectivity index (χ2n) is 6.32. The standard InChI is InChI=1S/C20H19F3N4O3S/c1-3-9-27-18(15-8-10-29-13(15)2)25-26-19(27)31-12-17(28)24-11-14-6-4-5-7-16(14)30-20(21,22)23/h3-8,10H,1,9,11-12H2,2H3,(H,24,28). The quantitative estimate of drug-likeness (QED) is 0.384. The van der Waals surface area contributed by atoms with E-state index in [0.717, 1.165) is 17.3 Å². The van der Waals surface area contributed by atoms with E-state index in [4.69, 9.17) is 4.42 Å². The summed E-state index contributed by atoms with van der Waals surface area (Å²) >= 11 is 1.16. The molecule has 7 nitrogen and oxygen atoms in total. The number of halogens is 3. The number of furan rings is 1. The number of nitrogens with one attached hydrogen (secondary N) is 1. The normalized spacial score (nSPS) is 11.4. The molecule has 0 aliphatic carbocycles. The molecule has 1 amide bonds. The fourth-order valence-corrected chi connectivity index (χ4v) is 3.53. The lowest BCUT2D eigenvalue weighted by atomic mass is 10.2. The average Bonchev–Trinajstić information content (AvgIpc) is 3.30. The van der Waals surface area contributed by atoms with E-state index >= 15 is 0 Å². The topological polar surface area (TPSA) is 82.2 Å². The number of nitrogens with zero attached hydrogens (tertiary/aromatic N) is 3. The second kappa shape index (κ2) is 9.73. The van der Waals surface area contributed by atoms with Gasteiger partial charge in [0.1, 0.15) is 11.5 Å². The van der Waals surface area contributed by atoms with E-state index in [-0.39, 0.29) is 29.5 Å². The average molecular weight is 452 g/mol. The highest BCUT2D eigenvalue weighted by atomic mass is 32.2. The van der Waals surface area contributed by atoms with Crippen molar-refractivity contribution >= 4 is 17.7 Å². The van der Waals surface area contributed by atoms with Crippen molar-refractivity contribution in [2.75, 3.05) is 5.75 Å². The molecule has 1 N–H and O–H groups in total. The molecule has 164 valence electrons. The molecule has 0 saturated heterocycles.